The van der Waals surface area contributed by atoms with Crippen LogP contribution in [0.3, 0.4) is 0 Å². The average molecular weight is 421 g/mol. The van der Waals surface area contributed by atoms with Crippen molar-refractivity contribution in [3.63, 3.8) is 0 Å². The van der Waals surface area contributed by atoms with Gasteiger partial charge in [-0.05, 0) is 27.7 Å². The van der Waals surface area contributed by atoms with Crippen molar-refractivity contribution in [2.75, 3.05) is 88.6 Å². The SMILES string of the molecule is CCOCCN1CCN(c2cc(N3CCN(CCOCC)[C@H](C)C3)ncn2)C[C@H]1C. The van der Waals surface area contributed by atoms with Crippen LogP contribution in [0.5, 0.6) is 0 Å². The Morgan fingerprint density at radius 1 is 0.800 bits per heavy atom. The molecule has 8 nitrogen and oxygen atoms in total. The van der Waals surface area contributed by atoms with Crippen LogP contribution in [0, 0.1) is 0 Å². The Balaban J connectivity index is 1.54. The van der Waals surface area contributed by atoms with E-state index in [-0.39, 0.29) is 0 Å². The smallest absolute Gasteiger partial charge is 0.134 e. The highest BCUT2D eigenvalue weighted by Gasteiger charge is 2.27. The van der Waals surface area contributed by atoms with Crippen LogP contribution in [0.1, 0.15) is 27.7 Å². The van der Waals surface area contributed by atoms with E-state index in [9.17, 15) is 0 Å². The molecule has 0 bridgehead atoms. The number of aromatic nitrogens is 2. The summed E-state index contributed by atoms with van der Waals surface area (Å²) in [6.07, 6.45) is 1.73. The molecule has 2 fully saturated rings. The highest BCUT2D eigenvalue weighted by molar-refractivity contribution is 5.51. The van der Waals surface area contributed by atoms with Crippen molar-refractivity contribution in [2.45, 2.75) is 39.8 Å². The Kier molecular flexibility index (Phi) is 9.11. The van der Waals surface area contributed by atoms with Gasteiger partial charge in [-0.3, -0.25) is 9.80 Å². The van der Waals surface area contributed by atoms with E-state index in [0.717, 1.165) is 90.4 Å². The summed E-state index contributed by atoms with van der Waals surface area (Å²) in [5.41, 5.74) is 0. The number of hydrogen-bond acceptors (Lipinski definition) is 8. The van der Waals surface area contributed by atoms with E-state index < -0.39 is 0 Å². The second-order valence-electron chi connectivity index (χ2n) is 8.29. The number of rotatable bonds is 10. The molecule has 3 rings (SSSR count). The Morgan fingerprint density at radius 3 is 1.67 bits per heavy atom. The Bertz CT molecular complexity index is 584. The first-order valence-corrected chi connectivity index (χ1v) is 11.6. The Labute approximate surface area is 182 Å². The number of hydrogen-bond donors (Lipinski definition) is 0. The van der Waals surface area contributed by atoms with Gasteiger partial charge in [-0.1, -0.05) is 0 Å². The van der Waals surface area contributed by atoms with Gasteiger partial charge in [0.2, 0.25) is 0 Å². The molecule has 1 aromatic rings. The van der Waals surface area contributed by atoms with E-state index in [4.69, 9.17) is 9.47 Å². The fraction of sp³-hybridized carbons (Fsp3) is 0.818. The molecule has 170 valence electrons. The van der Waals surface area contributed by atoms with Crippen LogP contribution >= 0.6 is 0 Å². The van der Waals surface area contributed by atoms with Gasteiger partial charge in [0.25, 0.3) is 0 Å². The molecule has 2 aliphatic rings. The van der Waals surface area contributed by atoms with Gasteiger partial charge in [0.1, 0.15) is 18.0 Å². The van der Waals surface area contributed by atoms with Crippen LogP contribution in [0.2, 0.25) is 0 Å². The van der Waals surface area contributed by atoms with Crippen molar-refractivity contribution in [3.8, 4) is 0 Å². The molecular formula is C22H40N6O2. The summed E-state index contributed by atoms with van der Waals surface area (Å²) < 4.78 is 11.1. The summed E-state index contributed by atoms with van der Waals surface area (Å²) in [7, 11) is 0. The first kappa shape index (κ1) is 23.2. The van der Waals surface area contributed by atoms with Crippen molar-refractivity contribution >= 4 is 11.6 Å². The molecule has 0 amide bonds. The molecule has 0 spiro atoms. The molecule has 3 heterocycles. The maximum Gasteiger partial charge on any atom is 0.134 e. The second-order valence-corrected chi connectivity index (χ2v) is 8.29. The maximum atomic E-state index is 5.53. The first-order chi connectivity index (χ1) is 14.6. The summed E-state index contributed by atoms with van der Waals surface area (Å²) in [4.78, 5) is 19.0. The van der Waals surface area contributed by atoms with Gasteiger partial charge >= 0.3 is 0 Å². The predicted octanol–water partition coefficient (Wildman–Crippen LogP) is 1.57. The third-order valence-corrected chi connectivity index (χ3v) is 6.27. The van der Waals surface area contributed by atoms with Crippen molar-refractivity contribution < 1.29 is 9.47 Å². The minimum Gasteiger partial charge on any atom is -0.380 e. The first-order valence-electron chi connectivity index (χ1n) is 11.6. The molecule has 0 unspecified atom stereocenters. The van der Waals surface area contributed by atoms with E-state index in [2.05, 4.69) is 63.3 Å². The normalized spacial score (nSPS) is 23.9. The summed E-state index contributed by atoms with van der Waals surface area (Å²) in [5.74, 6) is 2.09. The van der Waals surface area contributed by atoms with Gasteiger partial charge in [-0.15, -0.1) is 0 Å². The van der Waals surface area contributed by atoms with Crippen LogP contribution in [0.15, 0.2) is 12.4 Å². The molecule has 0 radical (unpaired) electrons. The Hall–Kier alpha value is -1.48. The number of nitrogens with zero attached hydrogens (tertiary/aromatic N) is 6. The lowest BCUT2D eigenvalue weighted by Crippen LogP contribution is -2.53. The van der Waals surface area contributed by atoms with Gasteiger partial charge in [0, 0.05) is 83.7 Å². The fourth-order valence-electron chi connectivity index (χ4n) is 4.41. The van der Waals surface area contributed by atoms with Crippen molar-refractivity contribution in [2.24, 2.45) is 0 Å². The van der Waals surface area contributed by atoms with E-state index in [1.165, 1.54) is 0 Å². The van der Waals surface area contributed by atoms with Gasteiger partial charge in [0.15, 0.2) is 0 Å². The van der Waals surface area contributed by atoms with Crippen LogP contribution in [0.25, 0.3) is 0 Å². The zero-order chi connectivity index (χ0) is 21.3. The summed E-state index contributed by atoms with van der Waals surface area (Å²) >= 11 is 0. The summed E-state index contributed by atoms with van der Waals surface area (Å²) in [6, 6.07) is 3.16. The van der Waals surface area contributed by atoms with Crippen LogP contribution < -0.4 is 9.80 Å². The van der Waals surface area contributed by atoms with E-state index in [0.29, 0.717) is 12.1 Å². The highest BCUT2D eigenvalue weighted by atomic mass is 16.5. The van der Waals surface area contributed by atoms with E-state index in [1.807, 2.05) is 0 Å². The largest absolute Gasteiger partial charge is 0.380 e. The minimum atomic E-state index is 0.492. The zero-order valence-electron chi connectivity index (χ0n) is 19.3. The topological polar surface area (TPSA) is 57.2 Å². The van der Waals surface area contributed by atoms with Crippen LogP contribution in [-0.2, 0) is 9.47 Å². The van der Waals surface area contributed by atoms with Crippen molar-refractivity contribution in [1.29, 1.82) is 0 Å². The van der Waals surface area contributed by atoms with Gasteiger partial charge in [0.05, 0.1) is 13.2 Å². The monoisotopic (exact) mass is 420 g/mol. The molecule has 0 saturated carbocycles. The minimum absolute atomic E-state index is 0.492. The molecule has 0 aliphatic carbocycles. The lowest BCUT2D eigenvalue weighted by atomic mass is 10.1. The standard InChI is InChI=1S/C22H40N6O2/c1-5-29-13-11-25-7-9-27(16-19(25)3)21-15-22(24-18-23-21)28-10-8-26(20(4)17-28)12-14-30-6-2/h15,18-20H,5-14,16-17H2,1-4H3/t19-,20-/m1/s1. The fourth-order valence-corrected chi connectivity index (χ4v) is 4.41. The molecule has 0 N–H and O–H groups in total. The van der Waals surface area contributed by atoms with Gasteiger partial charge in [-0.2, -0.15) is 0 Å². The van der Waals surface area contributed by atoms with E-state index in [1.54, 1.807) is 6.33 Å². The number of anilines is 2. The predicted molar refractivity (Wildman–Crippen MR) is 122 cm³/mol. The molecule has 0 aromatic carbocycles. The summed E-state index contributed by atoms with van der Waals surface area (Å²) in [5, 5.41) is 0. The lowest BCUT2D eigenvalue weighted by Gasteiger charge is -2.41. The summed E-state index contributed by atoms with van der Waals surface area (Å²) in [6.45, 7) is 20.0. The van der Waals surface area contributed by atoms with Crippen molar-refractivity contribution in [3.05, 3.63) is 12.4 Å². The molecule has 2 aliphatic heterocycles. The third-order valence-electron chi connectivity index (χ3n) is 6.27. The molecule has 8 heteroatoms. The average Bonchev–Trinajstić information content (AvgIpc) is 2.76. The van der Waals surface area contributed by atoms with Crippen molar-refractivity contribution in [1.82, 2.24) is 19.8 Å². The van der Waals surface area contributed by atoms with Gasteiger partial charge in [-0.25, -0.2) is 9.97 Å². The lowest BCUT2D eigenvalue weighted by molar-refractivity contribution is 0.0923. The Morgan fingerprint density at radius 2 is 1.27 bits per heavy atom. The van der Waals surface area contributed by atoms with E-state index >= 15 is 0 Å². The van der Waals surface area contributed by atoms with Crippen LogP contribution in [-0.4, -0.2) is 111 Å². The zero-order valence-corrected chi connectivity index (χ0v) is 19.3. The van der Waals surface area contributed by atoms with Gasteiger partial charge < -0.3 is 19.3 Å². The highest BCUT2D eigenvalue weighted by Crippen LogP contribution is 2.23. The molecule has 2 saturated heterocycles. The number of piperazine rings is 2. The van der Waals surface area contributed by atoms with Crippen LogP contribution in [0.4, 0.5) is 11.6 Å². The number of ether oxygens (including phenoxy) is 2. The molecule has 1 aromatic heterocycles. The second kappa shape index (κ2) is 11.8. The maximum absolute atomic E-state index is 5.53. The molecule has 2 atom stereocenters. The molecule has 30 heavy (non-hydrogen) atoms. The molecular weight excluding hydrogens is 380 g/mol. The quantitative estimate of drug-likeness (QED) is 0.529. The third kappa shape index (κ3) is 6.26.